The lowest BCUT2D eigenvalue weighted by atomic mass is 10.1. The minimum Gasteiger partial charge on any atom is -0.306 e. The molecular formula is C38H24N6. The van der Waals surface area contributed by atoms with Gasteiger partial charge in [0.2, 0.25) is 5.95 Å². The van der Waals surface area contributed by atoms with Crippen LogP contribution in [0.3, 0.4) is 0 Å². The standard InChI is InChI=1S/C38H24N6/c1-4-13-25(14-5-1)36-40-37(26-15-6-2-7-16-26)42-38(41-36)44-31-20-11-10-19-28(31)29-22-23-30-33-32(21-12-24-39-33)43(35(30)34(29)44)27-17-8-3-9-18-27/h1-24H. The highest BCUT2D eigenvalue weighted by Crippen LogP contribution is 2.40. The van der Waals surface area contributed by atoms with Crippen LogP contribution in [-0.2, 0) is 0 Å². The van der Waals surface area contributed by atoms with Crippen LogP contribution in [0, 0.1) is 0 Å². The summed E-state index contributed by atoms with van der Waals surface area (Å²) < 4.78 is 4.51. The molecule has 6 heteroatoms. The average Bonchev–Trinajstić information content (AvgIpc) is 3.62. The Bertz CT molecular complexity index is 2420. The fourth-order valence-corrected chi connectivity index (χ4v) is 6.31. The lowest BCUT2D eigenvalue weighted by Crippen LogP contribution is -2.07. The molecule has 0 atom stereocenters. The van der Waals surface area contributed by atoms with Gasteiger partial charge in [0.05, 0.1) is 27.6 Å². The molecule has 0 fully saturated rings. The van der Waals surface area contributed by atoms with Gasteiger partial charge >= 0.3 is 0 Å². The summed E-state index contributed by atoms with van der Waals surface area (Å²) in [6.07, 6.45) is 1.86. The molecule has 0 N–H and O–H groups in total. The van der Waals surface area contributed by atoms with Crippen LogP contribution in [0.4, 0.5) is 0 Å². The highest BCUT2D eigenvalue weighted by atomic mass is 15.2. The first kappa shape index (κ1) is 24.5. The van der Waals surface area contributed by atoms with Crippen molar-refractivity contribution >= 4 is 43.7 Å². The summed E-state index contributed by atoms with van der Waals surface area (Å²) in [7, 11) is 0. The van der Waals surface area contributed by atoms with Crippen molar-refractivity contribution in [3.63, 3.8) is 0 Å². The van der Waals surface area contributed by atoms with Crippen molar-refractivity contribution in [3.8, 4) is 34.4 Å². The van der Waals surface area contributed by atoms with E-state index in [-0.39, 0.29) is 0 Å². The lowest BCUT2D eigenvalue weighted by Gasteiger charge is -2.13. The van der Waals surface area contributed by atoms with Crippen LogP contribution >= 0.6 is 0 Å². The monoisotopic (exact) mass is 564 g/mol. The Morgan fingerprint density at radius 1 is 0.409 bits per heavy atom. The first-order valence-corrected chi connectivity index (χ1v) is 14.6. The predicted molar refractivity (Wildman–Crippen MR) is 177 cm³/mol. The van der Waals surface area contributed by atoms with Gasteiger partial charge in [-0.25, -0.2) is 4.98 Å². The van der Waals surface area contributed by atoms with Crippen molar-refractivity contribution in [2.75, 3.05) is 0 Å². The van der Waals surface area contributed by atoms with Crippen LogP contribution in [0.25, 0.3) is 78.2 Å². The van der Waals surface area contributed by atoms with Crippen molar-refractivity contribution in [1.82, 2.24) is 29.1 Å². The molecule has 0 radical (unpaired) electrons. The Balaban J connectivity index is 1.48. The van der Waals surface area contributed by atoms with Crippen LogP contribution < -0.4 is 0 Å². The molecule has 0 saturated carbocycles. The topological polar surface area (TPSA) is 61.4 Å². The molecule has 44 heavy (non-hydrogen) atoms. The third-order valence-electron chi connectivity index (χ3n) is 8.22. The summed E-state index contributed by atoms with van der Waals surface area (Å²) in [6.45, 7) is 0. The van der Waals surface area contributed by atoms with Crippen molar-refractivity contribution < 1.29 is 0 Å². The van der Waals surface area contributed by atoms with Gasteiger partial charge in [-0.2, -0.15) is 9.97 Å². The van der Waals surface area contributed by atoms with Gasteiger partial charge in [0.15, 0.2) is 11.6 Å². The Morgan fingerprint density at radius 3 is 1.68 bits per heavy atom. The van der Waals surface area contributed by atoms with Crippen molar-refractivity contribution in [2.45, 2.75) is 0 Å². The van der Waals surface area contributed by atoms with E-state index in [1.807, 2.05) is 79.0 Å². The third kappa shape index (κ3) is 3.68. The normalized spacial score (nSPS) is 11.6. The van der Waals surface area contributed by atoms with Crippen molar-refractivity contribution in [1.29, 1.82) is 0 Å². The number of benzene rings is 5. The van der Waals surface area contributed by atoms with Gasteiger partial charge in [-0.15, -0.1) is 0 Å². The largest absolute Gasteiger partial charge is 0.306 e. The molecule has 5 aromatic carbocycles. The molecular weight excluding hydrogens is 540 g/mol. The molecule has 0 aliphatic heterocycles. The summed E-state index contributed by atoms with van der Waals surface area (Å²) >= 11 is 0. The van der Waals surface area contributed by atoms with Gasteiger partial charge in [0.1, 0.15) is 0 Å². The zero-order valence-electron chi connectivity index (χ0n) is 23.5. The first-order valence-electron chi connectivity index (χ1n) is 14.6. The number of aromatic nitrogens is 6. The van der Waals surface area contributed by atoms with Gasteiger partial charge in [0, 0.05) is 39.2 Å². The van der Waals surface area contributed by atoms with E-state index in [2.05, 4.69) is 75.9 Å². The number of pyridine rings is 1. The minimum atomic E-state index is 0.564. The van der Waals surface area contributed by atoms with Crippen molar-refractivity contribution in [3.05, 3.63) is 146 Å². The zero-order chi connectivity index (χ0) is 29.0. The molecule has 0 bridgehead atoms. The maximum Gasteiger partial charge on any atom is 0.238 e. The van der Waals surface area contributed by atoms with E-state index >= 15 is 0 Å². The molecule has 4 aromatic heterocycles. The number of hydrogen-bond donors (Lipinski definition) is 0. The first-order chi connectivity index (χ1) is 21.8. The van der Waals surface area contributed by atoms with Gasteiger partial charge in [-0.05, 0) is 36.4 Å². The number of fused-ring (bicyclic) bond motifs is 7. The Kier molecular flexibility index (Phi) is 5.40. The fourth-order valence-electron chi connectivity index (χ4n) is 6.31. The molecule has 0 saturated heterocycles. The van der Waals surface area contributed by atoms with E-state index in [1.165, 1.54) is 0 Å². The van der Waals surface area contributed by atoms with Crippen LogP contribution in [0.1, 0.15) is 0 Å². The summed E-state index contributed by atoms with van der Waals surface area (Å²) in [5.41, 5.74) is 8.03. The van der Waals surface area contributed by atoms with E-state index in [0.29, 0.717) is 17.6 Å². The van der Waals surface area contributed by atoms with Crippen LogP contribution in [0.5, 0.6) is 0 Å². The van der Waals surface area contributed by atoms with Crippen LogP contribution in [0.2, 0.25) is 0 Å². The lowest BCUT2D eigenvalue weighted by molar-refractivity contribution is 0.953. The Hall–Kier alpha value is -6.14. The van der Waals surface area contributed by atoms with Crippen molar-refractivity contribution in [2.24, 2.45) is 0 Å². The average molecular weight is 565 g/mol. The number of hydrogen-bond acceptors (Lipinski definition) is 4. The van der Waals surface area contributed by atoms with Gasteiger partial charge in [-0.3, -0.25) is 9.55 Å². The maximum absolute atomic E-state index is 5.15. The van der Waals surface area contributed by atoms with E-state index < -0.39 is 0 Å². The highest BCUT2D eigenvalue weighted by molar-refractivity contribution is 6.23. The summed E-state index contributed by atoms with van der Waals surface area (Å²) in [5, 5.41) is 3.32. The Morgan fingerprint density at radius 2 is 0.977 bits per heavy atom. The number of nitrogens with zero attached hydrogens (tertiary/aromatic N) is 6. The second-order valence-corrected chi connectivity index (χ2v) is 10.8. The molecule has 0 aliphatic rings. The summed E-state index contributed by atoms with van der Waals surface area (Å²) in [5.74, 6) is 1.81. The van der Waals surface area contributed by atoms with Crippen LogP contribution in [0.15, 0.2) is 146 Å². The predicted octanol–water partition coefficient (Wildman–Crippen LogP) is 8.79. The molecule has 9 aromatic rings. The molecule has 0 aliphatic carbocycles. The fraction of sp³-hybridized carbons (Fsp3) is 0. The molecule has 0 spiro atoms. The van der Waals surface area contributed by atoms with E-state index in [0.717, 1.165) is 60.6 Å². The third-order valence-corrected chi connectivity index (χ3v) is 8.22. The second-order valence-electron chi connectivity index (χ2n) is 10.8. The molecule has 0 amide bonds. The molecule has 206 valence electrons. The van der Waals surface area contributed by atoms with E-state index in [1.54, 1.807) is 0 Å². The van der Waals surface area contributed by atoms with Crippen LogP contribution in [-0.4, -0.2) is 29.1 Å². The SMILES string of the molecule is c1ccc(-c2nc(-c3ccccc3)nc(-n3c4ccccc4c4ccc5c6ncccc6n(-c6ccccc6)c5c43)n2)cc1. The number of para-hydroxylation sites is 2. The summed E-state index contributed by atoms with van der Waals surface area (Å²) in [6, 6.07) is 47.7. The zero-order valence-corrected chi connectivity index (χ0v) is 23.5. The highest BCUT2D eigenvalue weighted by Gasteiger charge is 2.23. The smallest absolute Gasteiger partial charge is 0.238 e. The van der Waals surface area contributed by atoms with E-state index in [4.69, 9.17) is 19.9 Å². The molecule has 0 unspecified atom stereocenters. The molecule has 4 heterocycles. The van der Waals surface area contributed by atoms with Gasteiger partial charge in [0.25, 0.3) is 0 Å². The van der Waals surface area contributed by atoms with Gasteiger partial charge in [-0.1, -0.05) is 103 Å². The second kappa shape index (κ2) is 9.71. The Labute approximate surface area is 252 Å². The molecule has 9 rings (SSSR count). The molecule has 6 nitrogen and oxygen atoms in total. The maximum atomic E-state index is 5.15. The van der Waals surface area contributed by atoms with Gasteiger partial charge < -0.3 is 4.57 Å². The van der Waals surface area contributed by atoms with E-state index in [9.17, 15) is 0 Å². The number of rotatable bonds is 4. The quantitative estimate of drug-likeness (QED) is 0.214. The minimum absolute atomic E-state index is 0.564. The summed E-state index contributed by atoms with van der Waals surface area (Å²) in [4.78, 5) is 20.1.